The zero-order valence-corrected chi connectivity index (χ0v) is 14.1. The van der Waals surface area contributed by atoms with Gasteiger partial charge in [0.1, 0.15) is 10.7 Å². The molecule has 0 unspecified atom stereocenters. The van der Waals surface area contributed by atoms with E-state index in [1.54, 1.807) is 4.90 Å². The van der Waals surface area contributed by atoms with Crippen LogP contribution in [0.5, 0.6) is 0 Å². The van der Waals surface area contributed by atoms with Crippen LogP contribution in [-0.2, 0) is 17.8 Å². The smallest absolute Gasteiger partial charge is 0.282 e. The fourth-order valence-corrected chi connectivity index (χ4v) is 3.96. The monoisotopic (exact) mass is 342 g/mol. The third-order valence-corrected chi connectivity index (χ3v) is 5.26. The second-order valence-corrected chi connectivity index (χ2v) is 6.96. The first-order valence-electron chi connectivity index (χ1n) is 7.96. The first-order valence-corrected chi connectivity index (χ1v) is 8.78. The van der Waals surface area contributed by atoms with Crippen LogP contribution < -0.4 is 0 Å². The summed E-state index contributed by atoms with van der Waals surface area (Å²) in [5, 5.41) is 5.21. The topological polar surface area (TPSA) is 50.5 Å². The van der Waals surface area contributed by atoms with E-state index in [1.165, 1.54) is 15.9 Å². The van der Waals surface area contributed by atoms with E-state index in [0.717, 1.165) is 24.3 Å². The number of imidazole rings is 1. The van der Waals surface area contributed by atoms with E-state index in [2.05, 4.69) is 17.0 Å². The molecular formula is C15H20F2N4OS. The van der Waals surface area contributed by atoms with Crippen molar-refractivity contribution in [2.75, 3.05) is 6.54 Å². The highest BCUT2D eigenvalue weighted by molar-refractivity contribution is 7.16. The number of aryl methyl sites for hydroxylation is 1. The quantitative estimate of drug-likeness (QED) is 0.808. The molecular weight excluding hydrogens is 322 g/mol. The fraction of sp³-hybridized carbons (Fsp3) is 0.667. The molecule has 0 N–H and O–H groups in total. The Bertz CT molecular complexity index is 712. The Morgan fingerprint density at radius 3 is 2.83 bits per heavy atom. The van der Waals surface area contributed by atoms with E-state index in [1.807, 2.05) is 6.92 Å². The van der Waals surface area contributed by atoms with Crippen LogP contribution in [0.4, 0.5) is 8.78 Å². The Balaban J connectivity index is 1.90. The molecule has 1 aliphatic rings. The molecule has 1 aliphatic heterocycles. The van der Waals surface area contributed by atoms with Gasteiger partial charge in [-0.2, -0.15) is 5.10 Å². The van der Waals surface area contributed by atoms with Crippen molar-refractivity contribution in [3.8, 4) is 0 Å². The molecule has 1 saturated heterocycles. The summed E-state index contributed by atoms with van der Waals surface area (Å²) in [6.45, 7) is 4.84. The van der Waals surface area contributed by atoms with Gasteiger partial charge >= 0.3 is 0 Å². The molecule has 0 radical (unpaired) electrons. The number of nitrogens with zero attached hydrogens (tertiary/aromatic N) is 4. The van der Waals surface area contributed by atoms with Crippen LogP contribution in [0.2, 0.25) is 0 Å². The molecule has 8 heteroatoms. The van der Waals surface area contributed by atoms with Gasteiger partial charge in [0.2, 0.25) is 10.9 Å². The van der Waals surface area contributed by atoms with E-state index in [4.69, 9.17) is 0 Å². The first-order chi connectivity index (χ1) is 11.0. The van der Waals surface area contributed by atoms with Crippen LogP contribution in [0.3, 0.4) is 0 Å². The molecule has 1 fully saturated rings. The van der Waals surface area contributed by atoms with Crippen molar-refractivity contribution in [2.45, 2.75) is 52.5 Å². The lowest BCUT2D eigenvalue weighted by Gasteiger charge is -2.16. The summed E-state index contributed by atoms with van der Waals surface area (Å²) in [7, 11) is 0. The summed E-state index contributed by atoms with van der Waals surface area (Å²) in [4.78, 5) is 18.3. The van der Waals surface area contributed by atoms with Crippen LogP contribution in [0.15, 0.2) is 0 Å². The summed E-state index contributed by atoms with van der Waals surface area (Å²) in [5.74, 6) is 0.358. The summed E-state index contributed by atoms with van der Waals surface area (Å²) < 4.78 is 28.1. The van der Waals surface area contributed by atoms with Gasteiger partial charge in [0.15, 0.2) is 0 Å². The van der Waals surface area contributed by atoms with Crippen LogP contribution in [-0.4, -0.2) is 31.9 Å². The molecule has 3 rings (SSSR count). The van der Waals surface area contributed by atoms with Crippen molar-refractivity contribution in [3.63, 3.8) is 0 Å². The van der Waals surface area contributed by atoms with Crippen LogP contribution in [0.25, 0.3) is 4.96 Å². The van der Waals surface area contributed by atoms with Crippen molar-refractivity contribution in [3.05, 3.63) is 16.4 Å². The van der Waals surface area contributed by atoms with Gasteiger partial charge < -0.3 is 4.90 Å². The normalized spacial score (nSPS) is 18.7. The molecule has 23 heavy (non-hydrogen) atoms. The molecule has 126 valence electrons. The van der Waals surface area contributed by atoms with Crippen LogP contribution >= 0.6 is 11.3 Å². The maximum Gasteiger partial charge on any atom is 0.282 e. The lowest BCUT2D eigenvalue weighted by atomic mass is 10.0. The third-order valence-electron chi connectivity index (χ3n) is 4.21. The lowest BCUT2D eigenvalue weighted by Crippen LogP contribution is -2.26. The van der Waals surface area contributed by atoms with Crippen molar-refractivity contribution < 1.29 is 13.6 Å². The Morgan fingerprint density at radius 1 is 1.39 bits per heavy atom. The molecule has 0 spiro atoms. The number of likely N-dealkylation sites (tertiary alicyclic amines) is 1. The Labute approximate surface area is 137 Å². The second-order valence-electron chi connectivity index (χ2n) is 5.92. The maximum absolute atomic E-state index is 13.3. The summed E-state index contributed by atoms with van der Waals surface area (Å²) in [6, 6.07) is 0. The molecule has 5 nitrogen and oxygen atoms in total. The second kappa shape index (κ2) is 6.51. The van der Waals surface area contributed by atoms with E-state index < -0.39 is 6.43 Å². The van der Waals surface area contributed by atoms with E-state index >= 15 is 0 Å². The number of fused-ring (bicyclic) bond motifs is 1. The summed E-state index contributed by atoms with van der Waals surface area (Å²) in [6.07, 6.45) is 0.600. The molecule has 0 aromatic carbocycles. The summed E-state index contributed by atoms with van der Waals surface area (Å²) in [5.41, 5.74) is 0.0922. The number of alkyl halides is 2. The van der Waals surface area contributed by atoms with Gasteiger partial charge in [-0.1, -0.05) is 31.6 Å². The Morgan fingerprint density at radius 2 is 2.17 bits per heavy atom. The number of rotatable bonds is 6. The number of carbonyl (C=O) groups excluding carboxylic acids is 1. The number of hydrogen-bond acceptors (Lipinski definition) is 4. The van der Waals surface area contributed by atoms with Crippen LogP contribution in [0, 0.1) is 5.92 Å². The van der Waals surface area contributed by atoms with Gasteiger partial charge in [-0.25, -0.2) is 18.3 Å². The molecule has 1 atom stereocenters. The molecule has 2 aromatic heterocycles. The fourth-order valence-electron chi connectivity index (χ4n) is 3.10. The van der Waals surface area contributed by atoms with Gasteiger partial charge in [0, 0.05) is 13.0 Å². The highest BCUT2D eigenvalue weighted by Gasteiger charge is 2.32. The summed E-state index contributed by atoms with van der Waals surface area (Å²) >= 11 is 1.32. The predicted octanol–water partition coefficient (Wildman–Crippen LogP) is 3.44. The highest BCUT2D eigenvalue weighted by atomic mass is 32.1. The maximum atomic E-state index is 13.3. The number of carbonyl (C=O) groups is 1. The third kappa shape index (κ3) is 3.08. The van der Waals surface area contributed by atoms with Gasteiger partial charge in [0.05, 0.1) is 12.2 Å². The van der Waals surface area contributed by atoms with Crippen molar-refractivity contribution in [2.24, 2.45) is 5.92 Å². The molecule has 3 heterocycles. The van der Waals surface area contributed by atoms with Gasteiger partial charge in [-0.15, -0.1) is 0 Å². The predicted molar refractivity (Wildman–Crippen MR) is 83.6 cm³/mol. The minimum absolute atomic E-state index is 0.0320. The average molecular weight is 342 g/mol. The number of aromatic nitrogens is 3. The Hall–Kier alpha value is -1.57. The Kier molecular flexibility index (Phi) is 4.61. The number of amides is 1. The largest absolute Gasteiger partial charge is 0.336 e. The molecule has 2 aromatic rings. The number of halogens is 2. The van der Waals surface area contributed by atoms with Crippen LogP contribution in [0.1, 0.15) is 55.9 Å². The van der Waals surface area contributed by atoms with Crippen molar-refractivity contribution in [1.29, 1.82) is 0 Å². The molecule has 1 amide bonds. The van der Waals surface area contributed by atoms with E-state index in [0.29, 0.717) is 29.5 Å². The zero-order valence-electron chi connectivity index (χ0n) is 13.3. The minimum Gasteiger partial charge on any atom is -0.336 e. The standard InChI is InChI=1S/C15H20F2N4OS/c1-3-5-9-6-12(22)20(7-9)8-10-13(14(16)17)18-15-21(10)19-11(4-2)23-15/h9,14H,3-8H2,1-2H3/t9-/m0/s1. The van der Waals surface area contributed by atoms with Crippen molar-refractivity contribution in [1.82, 2.24) is 19.5 Å². The SMILES string of the molecule is CCC[C@H]1CC(=O)N(Cc2c(C(F)F)nc3sc(CC)nn23)C1. The van der Waals surface area contributed by atoms with Crippen molar-refractivity contribution >= 4 is 22.2 Å². The first kappa shape index (κ1) is 16.3. The zero-order chi connectivity index (χ0) is 16.6. The number of hydrogen-bond donors (Lipinski definition) is 0. The highest BCUT2D eigenvalue weighted by Crippen LogP contribution is 2.30. The molecule has 0 saturated carbocycles. The van der Waals surface area contributed by atoms with Gasteiger partial charge in [-0.3, -0.25) is 4.79 Å². The lowest BCUT2D eigenvalue weighted by molar-refractivity contribution is -0.128. The van der Waals surface area contributed by atoms with E-state index in [9.17, 15) is 13.6 Å². The minimum atomic E-state index is -2.66. The molecule has 0 bridgehead atoms. The molecule has 0 aliphatic carbocycles. The van der Waals surface area contributed by atoms with Gasteiger partial charge in [-0.05, 0) is 18.8 Å². The van der Waals surface area contributed by atoms with E-state index in [-0.39, 0.29) is 18.1 Å². The van der Waals surface area contributed by atoms with Gasteiger partial charge in [0.25, 0.3) is 6.43 Å². The average Bonchev–Trinajstić information content (AvgIpc) is 3.14.